The average Bonchev–Trinajstić information content (AvgIpc) is 2.40. The van der Waals surface area contributed by atoms with E-state index in [0.717, 1.165) is 34.2 Å². The van der Waals surface area contributed by atoms with E-state index in [1.807, 2.05) is 25.1 Å². The number of anilines is 3. The SMILES string of the molecule is Cc1nc(NCC(C)C)cc(Nc2ccc(C)c(Br)c2)n1. The topological polar surface area (TPSA) is 49.8 Å². The van der Waals surface area contributed by atoms with Crippen LogP contribution in [0.15, 0.2) is 28.7 Å². The van der Waals surface area contributed by atoms with Crippen LogP contribution < -0.4 is 10.6 Å². The summed E-state index contributed by atoms with van der Waals surface area (Å²) in [5, 5.41) is 6.65. The van der Waals surface area contributed by atoms with Gasteiger partial charge in [0.05, 0.1) is 0 Å². The third-order valence-electron chi connectivity index (χ3n) is 2.97. The maximum atomic E-state index is 4.43. The summed E-state index contributed by atoms with van der Waals surface area (Å²) in [7, 11) is 0. The van der Waals surface area contributed by atoms with Gasteiger partial charge >= 0.3 is 0 Å². The maximum absolute atomic E-state index is 4.43. The first-order chi connectivity index (χ1) is 9.94. The van der Waals surface area contributed by atoms with Crippen LogP contribution in [0.1, 0.15) is 25.2 Å². The number of nitrogens with zero attached hydrogens (tertiary/aromatic N) is 2. The third-order valence-corrected chi connectivity index (χ3v) is 3.83. The van der Waals surface area contributed by atoms with E-state index in [1.165, 1.54) is 5.56 Å². The van der Waals surface area contributed by atoms with Gasteiger partial charge in [-0.1, -0.05) is 35.8 Å². The zero-order chi connectivity index (χ0) is 15.4. The highest BCUT2D eigenvalue weighted by Gasteiger charge is 2.04. The summed E-state index contributed by atoms with van der Waals surface area (Å²) in [4.78, 5) is 8.84. The molecule has 21 heavy (non-hydrogen) atoms. The number of hydrogen-bond donors (Lipinski definition) is 2. The Labute approximate surface area is 134 Å². The molecule has 0 aliphatic rings. The van der Waals surface area contributed by atoms with Crippen molar-refractivity contribution in [2.24, 2.45) is 5.92 Å². The number of halogens is 1. The number of aromatic nitrogens is 2. The van der Waals surface area contributed by atoms with E-state index < -0.39 is 0 Å². The Morgan fingerprint density at radius 1 is 1.10 bits per heavy atom. The summed E-state index contributed by atoms with van der Waals surface area (Å²) in [6, 6.07) is 8.09. The van der Waals surface area contributed by atoms with E-state index in [4.69, 9.17) is 0 Å². The van der Waals surface area contributed by atoms with Crippen molar-refractivity contribution in [2.75, 3.05) is 17.2 Å². The van der Waals surface area contributed by atoms with Crippen LogP contribution in [0.25, 0.3) is 0 Å². The van der Waals surface area contributed by atoms with E-state index in [2.05, 4.69) is 63.4 Å². The fourth-order valence-electron chi connectivity index (χ4n) is 1.85. The number of rotatable bonds is 5. The van der Waals surface area contributed by atoms with Crippen LogP contribution in [-0.4, -0.2) is 16.5 Å². The Hall–Kier alpha value is -1.62. The van der Waals surface area contributed by atoms with Crippen molar-refractivity contribution in [2.45, 2.75) is 27.7 Å². The molecule has 1 heterocycles. The Balaban J connectivity index is 2.17. The molecule has 0 amide bonds. The largest absolute Gasteiger partial charge is 0.370 e. The first kappa shape index (κ1) is 15.8. The van der Waals surface area contributed by atoms with Crippen molar-refractivity contribution in [1.29, 1.82) is 0 Å². The first-order valence-electron chi connectivity index (χ1n) is 7.07. The van der Waals surface area contributed by atoms with E-state index >= 15 is 0 Å². The van der Waals surface area contributed by atoms with Crippen LogP contribution in [0.5, 0.6) is 0 Å². The van der Waals surface area contributed by atoms with Gasteiger partial charge in [-0.15, -0.1) is 0 Å². The quantitative estimate of drug-likeness (QED) is 0.824. The highest BCUT2D eigenvalue weighted by Crippen LogP contribution is 2.23. The Morgan fingerprint density at radius 2 is 1.81 bits per heavy atom. The lowest BCUT2D eigenvalue weighted by Crippen LogP contribution is -2.10. The summed E-state index contributed by atoms with van der Waals surface area (Å²) < 4.78 is 1.08. The van der Waals surface area contributed by atoms with Gasteiger partial charge < -0.3 is 10.6 Å². The van der Waals surface area contributed by atoms with Crippen molar-refractivity contribution < 1.29 is 0 Å². The molecular weight excluding hydrogens is 328 g/mol. The number of aryl methyl sites for hydroxylation is 2. The zero-order valence-electron chi connectivity index (χ0n) is 12.9. The summed E-state index contributed by atoms with van der Waals surface area (Å²) in [5.74, 6) is 2.97. The number of benzene rings is 1. The van der Waals surface area contributed by atoms with Gasteiger partial charge in [0.25, 0.3) is 0 Å². The fourth-order valence-corrected chi connectivity index (χ4v) is 2.23. The standard InChI is InChI=1S/C16H21BrN4/c1-10(2)9-18-15-8-16(20-12(4)19-15)21-13-6-5-11(3)14(17)7-13/h5-8,10H,9H2,1-4H3,(H2,18,19,20,21). The van der Waals surface area contributed by atoms with Gasteiger partial charge in [0.1, 0.15) is 17.5 Å². The monoisotopic (exact) mass is 348 g/mol. The average molecular weight is 349 g/mol. The second-order valence-corrected chi connectivity index (χ2v) is 6.40. The molecule has 0 aliphatic carbocycles. The van der Waals surface area contributed by atoms with Gasteiger partial charge in [-0.2, -0.15) is 0 Å². The van der Waals surface area contributed by atoms with Crippen LogP contribution in [-0.2, 0) is 0 Å². The smallest absolute Gasteiger partial charge is 0.136 e. The first-order valence-corrected chi connectivity index (χ1v) is 7.86. The predicted octanol–water partition coefficient (Wildman–Crippen LogP) is 4.67. The van der Waals surface area contributed by atoms with Crippen LogP contribution in [0.2, 0.25) is 0 Å². The van der Waals surface area contributed by atoms with Gasteiger partial charge in [0.2, 0.25) is 0 Å². The Morgan fingerprint density at radius 3 is 2.48 bits per heavy atom. The molecule has 0 spiro atoms. The molecule has 4 nitrogen and oxygen atoms in total. The molecule has 1 aromatic carbocycles. The predicted molar refractivity (Wildman–Crippen MR) is 92.3 cm³/mol. The zero-order valence-corrected chi connectivity index (χ0v) is 14.5. The van der Waals surface area contributed by atoms with E-state index in [-0.39, 0.29) is 0 Å². The van der Waals surface area contributed by atoms with Gasteiger partial charge in [0, 0.05) is 22.8 Å². The minimum atomic E-state index is 0.574. The van der Waals surface area contributed by atoms with Gasteiger partial charge in [-0.3, -0.25) is 0 Å². The highest BCUT2D eigenvalue weighted by molar-refractivity contribution is 9.10. The van der Waals surface area contributed by atoms with Crippen molar-refractivity contribution in [3.8, 4) is 0 Å². The molecule has 0 fully saturated rings. The second kappa shape index (κ2) is 6.89. The maximum Gasteiger partial charge on any atom is 0.136 e. The number of hydrogen-bond acceptors (Lipinski definition) is 4. The molecule has 2 aromatic rings. The summed E-state index contributed by atoms with van der Waals surface area (Å²) in [5.41, 5.74) is 2.21. The van der Waals surface area contributed by atoms with Crippen LogP contribution in [0.3, 0.4) is 0 Å². The summed E-state index contributed by atoms with van der Waals surface area (Å²) >= 11 is 3.54. The number of nitrogens with one attached hydrogen (secondary N) is 2. The van der Waals surface area contributed by atoms with Crippen LogP contribution >= 0.6 is 15.9 Å². The Kier molecular flexibility index (Phi) is 5.17. The molecule has 0 saturated carbocycles. The van der Waals surface area contributed by atoms with Gasteiger partial charge in [0.15, 0.2) is 0 Å². The molecule has 2 rings (SSSR count). The molecule has 112 valence electrons. The lowest BCUT2D eigenvalue weighted by atomic mass is 10.2. The third kappa shape index (κ3) is 4.70. The van der Waals surface area contributed by atoms with Crippen molar-refractivity contribution >= 4 is 33.3 Å². The molecule has 0 saturated heterocycles. The van der Waals surface area contributed by atoms with Gasteiger partial charge in [-0.25, -0.2) is 9.97 Å². The molecule has 0 bridgehead atoms. The highest BCUT2D eigenvalue weighted by atomic mass is 79.9. The molecule has 0 radical (unpaired) electrons. The van der Waals surface area contributed by atoms with E-state index in [0.29, 0.717) is 5.92 Å². The molecular formula is C16H21BrN4. The van der Waals surface area contributed by atoms with Crippen molar-refractivity contribution in [1.82, 2.24) is 9.97 Å². The van der Waals surface area contributed by atoms with Gasteiger partial charge in [-0.05, 0) is 37.5 Å². The molecule has 0 atom stereocenters. The molecule has 0 unspecified atom stereocenters. The summed E-state index contributed by atoms with van der Waals surface area (Å²) in [6.45, 7) is 9.20. The lowest BCUT2D eigenvalue weighted by molar-refractivity contribution is 0.686. The molecule has 5 heteroatoms. The van der Waals surface area contributed by atoms with E-state index in [9.17, 15) is 0 Å². The van der Waals surface area contributed by atoms with E-state index in [1.54, 1.807) is 0 Å². The molecule has 0 aliphatic heterocycles. The fraction of sp³-hybridized carbons (Fsp3) is 0.375. The molecule has 2 N–H and O–H groups in total. The molecule has 1 aromatic heterocycles. The van der Waals surface area contributed by atoms with Crippen molar-refractivity contribution in [3.05, 3.63) is 40.1 Å². The second-order valence-electron chi connectivity index (χ2n) is 5.55. The lowest BCUT2D eigenvalue weighted by Gasteiger charge is -2.12. The Bertz CT molecular complexity index is 626. The normalized spacial score (nSPS) is 10.8. The summed E-state index contributed by atoms with van der Waals surface area (Å²) in [6.07, 6.45) is 0. The van der Waals surface area contributed by atoms with Crippen LogP contribution in [0.4, 0.5) is 17.3 Å². The minimum absolute atomic E-state index is 0.574. The minimum Gasteiger partial charge on any atom is -0.370 e. The van der Waals surface area contributed by atoms with Crippen molar-refractivity contribution in [3.63, 3.8) is 0 Å². The van der Waals surface area contributed by atoms with Crippen LogP contribution in [0, 0.1) is 19.8 Å².